The van der Waals surface area contributed by atoms with E-state index >= 15 is 0 Å². The molecule has 0 aromatic carbocycles. The number of carboxylic acids is 1. The average Bonchev–Trinajstić information content (AvgIpc) is 2.49. The number of amides is 1. The molecule has 24 heavy (non-hydrogen) atoms. The molecule has 0 aliphatic carbocycles. The van der Waals surface area contributed by atoms with Crippen LogP contribution in [0.15, 0.2) is 28.3 Å². The highest BCUT2D eigenvalue weighted by atomic mass is 32.2. The summed E-state index contributed by atoms with van der Waals surface area (Å²) in [6, 6.07) is 0. The molecule has 1 amide bonds. The number of allylic oxidation sites excluding steroid dienone is 2. The molecule has 8 nitrogen and oxygen atoms in total. The summed E-state index contributed by atoms with van der Waals surface area (Å²) in [6.07, 6.45) is 5.21. The maximum atomic E-state index is 12.4. The van der Waals surface area contributed by atoms with E-state index in [1.165, 1.54) is 6.08 Å². The van der Waals surface area contributed by atoms with Crippen LogP contribution in [0.4, 0.5) is 0 Å². The lowest BCUT2D eigenvalue weighted by Crippen LogP contribution is -2.43. The fourth-order valence-electron chi connectivity index (χ4n) is 2.54. The molecule has 2 N–H and O–H groups in total. The molecule has 0 fully saturated rings. The first-order valence-electron chi connectivity index (χ1n) is 7.69. The van der Waals surface area contributed by atoms with Gasteiger partial charge < -0.3 is 15.3 Å². The molecule has 132 valence electrons. The van der Waals surface area contributed by atoms with E-state index in [1.54, 1.807) is 17.2 Å². The quantitative estimate of drug-likeness (QED) is 0.710. The highest BCUT2D eigenvalue weighted by Gasteiger charge is 2.30. The second-order valence-corrected chi connectivity index (χ2v) is 7.95. The number of sulfonamides is 1. The number of nitrogens with zero attached hydrogens (tertiary/aromatic N) is 2. The molecule has 0 aromatic rings. The Kier molecular flexibility index (Phi) is 5.43. The molecule has 9 heteroatoms. The van der Waals surface area contributed by atoms with Crippen LogP contribution in [0.2, 0.25) is 0 Å². The van der Waals surface area contributed by atoms with Crippen LogP contribution in [0.5, 0.6) is 0 Å². The van der Waals surface area contributed by atoms with Gasteiger partial charge >= 0.3 is 5.97 Å². The summed E-state index contributed by atoms with van der Waals surface area (Å²) in [4.78, 5) is 25.2. The molecule has 2 aliphatic rings. The average molecular weight is 355 g/mol. The van der Waals surface area contributed by atoms with Crippen LogP contribution < -0.4 is 5.32 Å². The topological polar surface area (TPSA) is 116 Å². The Hall–Kier alpha value is -2.16. The Balaban J connectivity index is 2.11. The van der Waals surface area contributed by atoms with E-state index in [9.17, 15) is 23.1 Å². The van der Waals surface area contributed by atoms with Gasteiger partial charge in [-0.1, -0.05) is 13.8 Å². The van der Waals surface area contributed by atoms with Gasteiger partial charge in [0.05, 0.1) is 17.2 Å². The van der Waals surface area contributed by atoms with E-state index < -0.39 is 27.8 Å². The van der Waals surface area contributed by atoms with Gasteiger partial charge in [-0.05, 0) is 24.5 Å². The van der Waals surface area contributed by atoms with E-state index in [4.69, 9.17) is 0 Å². The first-order chi connectivity index (χ1) is 11.2. The van der Waals surface area contributed by atoms with Crippen molar-refractivity contribution in [3.8, 4) is 0 Å². The number of aliphatic carboxylic acids is 1. The summed E-state index contributed by atoms with van der Waals surface area (Å²) in [6.45, 7) is 4.03. The fraction of sp³-hybridized carbons (Fsp3) is 0.533. The largest absolute Gasteiger partial charge is 0.481 e. The number of carbonyl (C=O) groups excluding carboxylic acids is 1. The molecule has 2 heterocycles. The third kappa shape index (κ3) is 4.44. The van der Waals surface area contributed by atoms with Crippen molar-refractivity contribution in [2.75, 3.05) is 18.8 Å². The van der Waals surface area contributed by atoms with Gasteiger partial charge in [-0.15, -0.1) is 4.40 Å². The molecule has 1 atom stereocenters. The van der Waals surface area contributed by atoms with E-state index in [0.717, 1.165) is 0 Å². The zero-order valence-corrected chi connectivity index (χ0v) is 14.4. The Labute approximate surface area is 141 Å². The minimum atomic E-state index is -3.58. The predicted octanol–water partition coefficient (Wildman–Crippen LogP) is 0.347. The molecule has 0 saturated heterocycles. The number of amidine groups is 1. The van der Waals surface area contributed by atoms with Crippen molar-refractivity contribution in [2.45, 2.75) is 20.3 Å². The second kappa shape index (κ2) is 7.16. The maximum absolute atomic E-state index is 12.4. The van der Waals surface area contributed by atoms with E-state index in [-0.39, 0.29) is 36.2 Å². The number of fused-ring (bicyclic) bond motifs is 1. The first-order valence-corrected chi connectivity index (χ1v) is 9.29. The summed E-state index contributed by atoms with van der Waals surface area (Å²) in [5.41, 5.74) is 0.120. The standard InChI is InChI=1S/C15H21N3O5S/c1-10(2)8-11(15(20)21)9-16-14(19)12-4-3-5-18-6-7-24(22,23)17-13(12)18/h3-5,10-11H,6-9H2,1-2H3,(H,16,19)(H,20,21). The van der Waals surface area contributed by atoms with Crippen LogP contribution in [-0.4, -0.2) is 55.0 Å². The van der Waals surface area contributed by atoms with Crippen molar-refractivity contribution in [2.24, 2.45) is 16.2 Å². The summed E-state index contributed by atoms with van der Waals surface area (Å²) in [5, 5.41) is 11.8. The van der Waals surface area contributed by atoms with Gasteiger partial charge in [0.15, 0.2) is 5.84 Å². The Morgan fingerprint density at radius 3 is 2.75 bits per heavy atom. The third-order valence-corrected chi connectivity index (χ3v) is 4.87. The van der Waals surface area contributed by atoms with Crippen LogP contribution >= 0.6 is 0 Å². The minimum absolute atomic E-state index is 0.0204. The molecule has 0 aromatic heterocycles. The van der Waals surface area contributed by atoms with Crippen LogP contribution in [0, 0.1) is 11.8 Å². The normalized spacial score (nSPS) is 20.0. The number of carbonyl (C=O) groups is 2. The monoisotopic (exact) mass is 355 g/mol. The Bertz CT molecular complexity index is 721. The lowest BCUT2D eigenvalue weighted by Gasteiger charge is -2.28. The first kappa shape index (κ1) is 18.2. The number of hydrogen-bond acceptors (Lipinski definition) is 5. The number of hydrogen-bond donors (Lipinski definition) is 2. The van der Waals surface area contributed by atoms with Crippen molar-refractivity contribution in [3.63, 3.8) is 0 Å². The molecule has 0 bridgehead atoms. The van der Waals surface area contributed by atoms with E-state index in [2.05, 4.69) is 9.71 Å². The summed E-state index contributed by atoms with van der Waals surface area (Å²) < 4.78 is 27.0. The SMILES string of the molecule is CC(C)CC(CNC(=O)C1=CC=CN2CCS(=O)(=O)N=C12)C(=O)O. The van der Waals surface area contributed by atoms with Crippen LogP contribution in [0.3, 0.4) is 0 Å². The fourth-order valence-corrected chi connectivity index (χ4v) is 3.53. The van der Waals surface area contributed by atoms with Crippen molar-refractivity contribution in [3.05, 3.63) is 23.9 Å². The lowest BCUT2D eigenvalue weighted by molar-refractivity contribution is -0.142. The molecular weight excluding hydrogens is 334 g/mol. The van der Waals surface area contributed by atoms with Gasteiger partial charge in [0, 0.05) is 19.3 Å². The number of nitrogens with one attached hydrogen (secondary N) is 1. The zero-order valence-electron chi connectivity index (χ0n) is 13.6. The Morgan fingerprint density at radius 2 is 2.12 bits per heavy atom. The molecule has 0 radical (unpaired) electrons. The van der Waals surface area contributed by atoms with Gasteiger partial charge in [-0.2, -0.15) is 0 Å². The smallest absolute Gasteiger partial charge is 0.308 e. The third-order valence-electron chi connectivity index (χ3n) is 3.72. The van der Waals surface area contributed by atoms with Gasteiger partial charge in [0.1, 0.15) is 0 Å². The summed E-state index contributed by atoms with van der Waals surface area (Å²) in [7, 11) is -3.58. The van der Waals surface area contributed by atoms with Gasteiger partial charge in [0.25, 0.3) is 15.9 Å². The minimum Gasteiger partial charge on any atom is -0.481 e. The molecular formula is C15H21N3O5S. The second-order valence-electron chi connectivity index (χ2n) is 6.19. The van der Waals surface area contributed by atoms with Crippen molar-refractivity contribution < 1.29 is 23.1 Å². The van der Waals surface area contributed by atoms with Gasteiger partial charge in [0.2, 0.25) is 0 Å². The Morgan fingerprint density at radius 1 is 1.42 bits per heavy atom. The summed E-state index contributed by atoms with van der Waals surface area (Å²) in [5.74, 6) is -2.04. The van der Waals surface area contributed by atoms with Crippen LogP contribution in [-0.2, 0) is 19.6 Å². The number of rotatable bonds is 6. The molecule has 1 unspecified atom stereocenters. The molecule has 2 aliphatic heterocycles. The van der Waals surface area contributed by atoms with E-state index in [1.807, 2.05) is 13.8 Å². The lowest BCUT2D eigenvalue weighted by atomic mass is 9.97. The highest BCUT2D eigenvalue weighted by molar-refractivity contribution is 7.90. The summed E-state index contributed by atoms with van der Waals surface area (Å²) >= 11 is 0. The van der Waals surface area contributed by atoms with Crippen molar-refractivity contribution >= 4 is 27.7 Å². The van der Waals surface area contributed by atoms with Gasteiger partial charge in [-0.25, -0.2) is 8.42 Å². The number of carboxylic acid groups (broad SMARTS) is 1. The highest BCUT2D eigenvalue weighted by Crippen LogP contribution is 2.18. The maximum Gasteiger partial charge on any atom is 0.308 e. The molecule has 0 spiro atoms. The molecule has 2 rings (SSSR count). The van der Waals surface area contributed by atoms with Gasteiger partial charge in [-0.3, -0.25) is 9.59 Å². The van der Waals surface area contributed by atoms with E-state index in [0.29, 0.717) is 6.42 Å². The van der Waals surface area contributed by atoms with Crippen molar-refractivity contribution in [1.29, 1.82) is 0 Å². The molecule has 0 saturated carbocycles. The van der Waals surface area contributed by atoms with Crippen LogP contribution in [0.1, 0.15) is 20.3 Å². The predicted molar refractivity (Wildman–Crippen MR) is 88.7 cm³/mol. The van der Waals surface area contributed by atoms with Crippen LogP contribution in [0.25, 0.3) is 0 Å². The van der Waals surface area contributed by atoms with Crippen molar-refractivity contribution in [1.82, 2.24) is 10.2 Å². The zero-order chi connectivity index (χ0) is 17.9.